The van der Waals surface area contributed by atoms with Gasteiger partial charge in [-0.05, 0) is 67.3 Å². The lowest BCUT2D eigenvalue weighted by Gasteiger charge is -2.23. The van der Waals surface area contributed by atoms with Crippen LogP contribution in [0, 0.1) is 5.41 Å². The van der Waals surface area contributed by atoms with E-state index < -0.39 is 0 Å². The summed E-state index contributed by atoms with van der Waals surface area (Å²) in [5, 5.41) is 0. The average molecular weight is 272 g/mol. The molecule has 3 rings (SSSR count). The summed E-state index contributed by atoms with van der Waals surface area (Å²) in [6.07, 6.45) is 5.83. The van der Waals surface area contributed by atoms with Crippen molar-refractivity contribution in [1.82, 2.24) is 4.90 Å². The highest BCUT2D eigenvalue weighted by Gasteiger charge is 2.35. The number of hydrogen-bond acceptors (Lipinski definition) is 2. The van der Waals surface area contributed by atoms with Crippen LogP contribution < -0.4 is 5.73 Å². The molecule has 3 nitrogen and oxygen atoms in total. The Balaban J connectivity index is 1.78. The van der Waals surface area contributed by atoms with Crippen molar-refractivity contribution >= 4 is 5.91 Å². The second-order valence-electron chi connectivity index (χ2n) is 6.68. The van der Waals surface area contributed by atoms with Gasteiger partial charge in [-0.25, -0.2) is 0 Å². The molecule has 0 bridgehead atoms. The highest BCUT2D eigenvalue weighted by molar-refractivity contribution is 5.94. The van der Waals surface area contributed by atoms with E-state index >= 15 is 0 Å². The maximum Gasteiger partial charge on any atom is 0.253 e. The summed E-state index contributed by atoms with van der Waals surface area (Å²) >= 11 is 0. The molecule has 1 aliphatic carbocycles. The second kappa shape index (κ2) is 5.21. The standard InChI is InChI=1S/C17H24N2O/c1-17(11-18)8-9-19(12-17)16(20)15-7-6-13-4-2-3-5-14(13)10-15/h6-7,10H,2-5,8-9,11-12,18H2,1H3. The van der Waals surface area contributed by atoms with Gasteiger partial charge in [-0.2, -0.15) is 0 Å². The van der Waals surface area contributed by atoms with Crippen molar-refractivity contribution in [3.8, 4) is 0 Å². The van der Waals surface area contributed by atoms with E-state index in [2.05, 4.69) is 19.1 Å². The number of nitrogens with two attached hydrogens (primary N) is 1. The van der Waals surface area contributed by atoms with Gasteiger partial charge in [0.1, 0.15) is 0 Å². The summed E-state index contributed by atoms with van der Waals surface area (Å²) in [6.45, 7) is 4.46. The lowest BCUT2D eigenvalue weighted by atomic mass is 9.90. The number of benzene rings is 1. The third-order valence-electron chi connectivity index (χ3n) is 4.93. The molecule has 2 aliphatic rings. The van der Waals surface area contributed by atoms with E-state index in [1.54, 1.807) is 0 Å². The fourth-order valence-corrected chi connectivity index (χ4v) is 3.41. The molecule has 1 atom stereocenters. The van der Waals surface area contributed by atoms with Crippen molar-refractivity contribution in [1.29, 1.82) is 0 Å². The number of carbonyl (C=O) groups excluding carboxylic acids is 1. The molecule has 0 aromatic heterocycles. The molecule has 1 fully saturated rings. The lowest BCUT2D eigenvalue weighted by Crippen LogP contribution is -2.34. The summed E-state index contributed by atoms with van der Waals surface area (Å²) < 4.78 is 0. The molecular weight excluding hydrogens is 248 g/mol. The predicted octanol–water partition coefficient (Wildman–Crippen LogP) is 2.38. The fraction of sp³-hybridized carbons (Fsp3) is 0.588. The van der Waals surface area contributed by atoms with Crippen LogP contribution in [0.3, 0.4) is 0 Å². The van der Waals surface area contributed by atoms with Crippen LogP contribution in [0.1, 0.15) is 47.7 Å². The van der Waals surface area contributed by atoms with Crippen LogP contribution in [0.5, 0.6) is 0 Å². The molecule has 3 heteroatoms. The van der Waals surface area contributed by atoms with E-state index in [-0.39, 0.29) is 11.3 Å². The second-order valence-corrected chi connectivity index (χ2v) is 6.68. The molecule has 0 radical (unpaired) electrons. The molecule has 2 N–H and O–H groups in total. The van der Waals surface area contributed by atoms with E-state index in [4.69, 9.17) is 5.73 Å². The van der Waals surface area contributed by atoms with Gasteiger partial charge < -0.3 is 10.6 Å². The van der Waals surface area contributed by atoms with E-state index in [9.17, 15) is 4.79 Å². The van der Waals surface area contributed by atoms with Crippen molar-refractivity contribution in [3.63, 3.8) is 0 Å². The summed E-state index contributed by atoms with van der Waals surface area (Å²) in [7, 11) is 0. The third-order valence-corrected chi connectivity index (χ3v) is 4.93. The number of nitrogens with zero attached hydrogens (tertiary/aromatic N) is 1. The van der Waals surface area contributed by atoms with Crippen LogP contribution in [0.2, 0.25) is 0 Å². The molecule has 0 spiro atoms. The van der Waals surface area contributed by atoms with Crippen molar-refractivity contribution in [2.45, 2.75) is 39.0 Å². The van der Waals surface area contributed by atoms with Crippen molar-refractivity contribution in [2.75, 3.05) is 19.6 Å². The largest absolute Gasteiger partial charge is 0.338 e. The summed E-state index contributed by atoms with van der Waals surface area (Å²) in [4.78, 5) is 14.6. The van der Waals surface area contributed by atoms with Gasteiger partial charge >= 0.3 is 0 Å². The van der Waals surface area contributed by atoms with Gasteiger partial charge in [0.2, 0.25) is 0 Å². The molecule has 108 valence electrons. The number of fused-ring (bicyclic) bond motifs is 1. The predicted molar refractivity (Wildman–Crippen MR) is 80.8 cm³/mol. The molecule has 1 amide bonds. The van der Waals surface area contributed by atoms with Gasteiger partial charge in [-0.3, -0.25) is 4.79 Å². The normalized spacial score (nSPS) is 25.6. The summed E-state index contributed by atoms with van der Waals surface area (Å²) in [5.74, 6) is 0.176. The minimum Gasteiger partial charge on any atom is -0.338 e. The fourth-order valence-electron chi connectivity index (χ4n) is 3.41. The Morgan fingerprint density at radius 3 is 2.75 bits per heavy atom. The van der Waals surface area contributed by atoms with Crippen LogP contribution in [0.4, 0.5) is 0 Å². The highest BCUT2D eigenvalue weighted by Crippen LogP contribution is 2.30. The Kier molecular flexibility index (Phi) is 3.55. The first-order chi connectivity index (χ1) is 9.61. The first-order valence-electron chi connectivity index (χ1n) is 7.72. The van der Waals surface area contributed by atoms with Crippen LogP contribution in [0.25, 0.3) is 0 Å². The minimum absolute atomic E-state index is 0.101. The van der Waals surface area contributed by atoms with Gasteiger partial charge in [-0.15, -0.1) is 0 Å². The monoisotopic (exact) mass is 272 g/mol. The van der Waals surface area contributed by atoms with E-state index in [0.717, 1.165) is 31.5 Å². The van der Waals surface area contributed by atoms with Gasteiger partial charge in [-0.1, -0.05) is 13.0 Å². The molecular formula is C17H24N2O. The molecule has 0 saturated carbocycles. The van der Waals surface area contributed by atoms with E-state index in [1.165, 1.54) is 30.4 Å². The quantitative estimate of drug-likeness (QED) is 0.898. The molecule has 20 heavy (non-hydrogen) atoms. The SMILES string of the molecule is CC1(CN)CCN(C(=O)c2ccc3c(c2)CCCC3)C1. The smallest absolute Gasteiger partial charge is 0.253 e. The van der Waals surface area contributed by atoms with Gasteiger partial charge in [0.15, 0.2) is 0 Å². The maximum atomic E-state index is 12.6. The maximum absolute atomic E-state index is 12.6. The number of likely N-dealkylation sites (tertiary alicyclic amines) is 1. The molecule has 1 aromatic rings. The summed E-state index contributed by atoms with van der Waals surface area (Å²) in [6, 6.07) is 6.28. The van der Waals surface area contributed by atoms with Crippen LogP contribution in [-0.4, -0.2) is 30.4 Å². The number of carbonyl (C=O) groups is 1. The van der Waals surface area contributed by atoms with Gasteiger partial charge in [0, 0.05) is 18.7 Å². The third kappa shape index (κ3) is 2.47. The Morgan fingerprint density at radius 1 is 1.30 bits per heavy atom. The molecule has 1 heterocycles. The zero-order valence-corrected chi connectivity index (χ0v) is 12.3. The molecule has 1 aliphatic heterocycles. The zero-order valence-electron chi connectivity index (χ0n) is 12.3. The molecule has 1 aromatic carbocycles. The number of rotatable bonds is 2. The van der Waals surface area contributed by atoms with E-state index in [1.807, 2.05) is 11.0 Å². The topological polar surface area (TPSA) is 46.3 Å². The first-order valence-corrected chi connectivity index (χ1v) is 7.72. The van der Waals surface area contributed by atoms with Gasteiger partial charge in [0.05, 0.1) is 0 Å². The van der Waals surface area contributed by atoms with E-state index in [0.29, 0.717) is 6.54 Å². The molecule has 1 unspecified atom stereocenters. The minimum atomic E-state index is 0.101. The van der Waals surface area contributed by atoms with Crippen LogP contribution in [0.15, 0.2) is 18.2 Å². The molecule has 1 saturated heterocycles. The van der Waals surface area contributed by atoms with Crippen LogP contribution >= 0.6 is 0 Å². The highest BCUT2D eigenvalue weighted by atomic mass is 16.2. The van der Waals surface area contributed by atoms with Crippen molar-refractivity contribution in [2.24, 2.45) is 11.1 Å². The number of aryl methyl sites for hydroxylation is 2. The average Bonchev–Trinajstić information content (AvgIpc) is 2.89. The number of hydrogen-bond donors (Lipinski definition) is 1. The Labute approximate surface area is 121 Å². The zero-order chi connectivity index (χ0) is 14.2. The van der Waals surface area contributed by atoms with Crippen molar-refractivity contribution < 1.29 is 4.79 Å². The number of amides is 1. The van der Waals surface area contributed by atoms with Gasteiger partial charge in [0.25, 0.3) is 5.91 Å². The first kappa shape index (κ1) is 13.6. The summed E-state index contributed by atoms with van der Waals surface area (Å²) in [5.41, 5.74) is 9.59. The van der Waals surface area contributed by atoms with Crippen molar-refractivity contribution in [3.05, 3.63) is 34.9 Å². The Bertz CT molecular complexity index is 526. The lowest BCUT2D eigenvalue weighted by molar-refractivity contribution is 0.0776. The van der Waals surface area contributed by atoms with Crippen LogP contribution in [-0.2, 0) is 12.8 Å². The Morgan fingerprint density at radius 2 is 2.05 bits per heavy atom. The Hall–Kier alpha value is -1.35.